The standard InChI is InChI=1S/C26H21NO6/c1-15-10-11-20(32-15)23-22(24(28)21-13-17-7-3-4-9-19(17)33-21)25(29)26(30)27(23)14-16-6-5-8-18(12-16)31-2/h3-13,23,29H,14H2,1-2H3. The molecule has 0 bridgehead atoms. The number of aryl methyl sites for hydroxylation is 1. The maximum atomic E-state index is 13.5. The highest BCUT2D eigenvalue weighted by Crippen LogP contribution is 2.41. The molecule has 1 atom stereocenters. The van der Waals surface area contributed by atoms with Crippen LogP contribution in [0, 0.1) is 6.92 Å². The van der Waals surface area contributed by atoms with Crippen LogP contribution in [0.5, 0.6) is 5.75 Å². The van der Waals surface area contributed by atoms with Crippen molar-refractivity contribution in [3.8, 4) is 5.75 Å². The van der Waals surface area contributed by atoms with E-state index < -0.39 is 23.5 Å². The molecule has 5 rings (SSSR count). The van der Waals surface area contributed by atoms with Crippen molar-refractivity contribution in [1.82, 2.24) is 4.90 Å². The molecule has 0 saturated heterocycles. The summed E-state index contributed by atoms with van der Waals surface area (Å²) in [7, 11) is 1.56. The first-order chi connectivity index (χ1) is 16.0. The van der Waals surface area contributed by atoms with E-state index in [1.165, 1.54) is 4.90 Å². The van der Waals surface area contributed by atoms with Gasteiger partial charge in [-0.25, -0.2) is 0 Å². The van der Waals surface area contributed by atoms with Crippen LogP contribution in [0.2, 0.25) is 0 Å². The molecule has 0 spiro atoms. The van der Waals surface area contributed by atoms with Gasteiger partial charge in [-0.1, -0.05) is 30.3 Å². The van der Waals surface area contributed by atoms with Gasteiger partial charge in [0.25, 0.3) is 5.91 Å². The molecule has 1 N–H and O–H groups in total. The first-order valence-corrected chi connectivity index (χ1v) is 10.4. The number of nitrogens with zero attached hydrogens (tertiary/aromatic N) is 1. The second kappa shape index (κ2) is 8.02. The minimum Gasteiger partial charge on any atom is -0.503 e. The van der Waals surface area contributed by atoms with Gasteiger partial charge in [-0.2, -0.15) is 0 Å². The number of furan rings is 2. The molecular formula is C26H21NO6. The molecule has 2 aromatic carbocycles. The van der Waals surface area contributed by atoms with Crippen LogP contribution in [0.25, 0.3) is 11.0 Å². The SMILES string of the molecule is COc1cccc(CN2C(=O)C(O)=C(C(=O)c3cc4ccccc4o3)C2c2ccc(C)o2)c1. The largest absolute Gasteiger partial charge is 0.503 e. The number of Topliss-reactive ketones (excluding diaryl/α,β-unsaturated/α-hetero) is 1. The van der Waals surface area contributed by atoms with Crippen LogP contribution >= 0.6 is 0 Å². The summed E-state index contributed by atoms with van der Waals surface area (Å²) in [5.41, 5.74) is 1.25. The summed E-state index contributed by atoms with van der Waals surface area (Å²) < 4.78 is 16.8. The zero-order valence-corrected chi connectivity index (χ0v) is 18.1. The molecule has 1 aliphatic rings. The zero-order valence-electron chi connectivity index (χ0n) is 18.1. The Morgan fingerprint density at radius 2 is 1.88 bits per heavy atom. The lowest BCUT2D eigenvalue weighted by molar-refractivity contribution is -0.130. The number of methoxy groups -OCH3 is 1. The van der Waals surface area contributed by atoms with Crippen molar-refractivity contribution in [3.63, 3.8) is 0 Å². The van der Waals surface area contributed by atoms with Crippen LogP contribution in [0.15, 0.2) is 86.9 Å². The Morgan fingerprint density at radius 3 is 2.61 bits per heavy atom. The number of fused-ring (bicyclic) bond motifs is 1. The third-order valence-electron chi connectivity index (χ3n) is 5.72. The molecule has 7 heteroatoms. The Balaban J connectivity index is 1.57. The number of rotatable bonds is 6. The van der Waals surface area contributed by atoms with E-state index in [9.17, 15) is 14.7 Å². The molecule has 0 aliphatic carbocycles. The first-order valence-electron chi connectivity index (χ1n) is 10.4. The third-order valence-corrected chi connectivity index (χ3v) is 5.72. The lowest BCUT2D eigenvalue weighted by Crippen LogP contribution is -2.30. The fourth-order valence-electron chi connectivity index (χ4n) is 4.14. The fraction of sp³-hybridized carbons (Fsp3) is 0.154. The quantitative estimate of drug-likeness (QED) is 0.416. The number of carbonyl (C=O) groups excluding carboxylic acids is 2. The molecule has 1 unspecified atom stereocenters. The van der Waals surface area contributed by atoms with Gasteiger partial charge in [0.1, 0.15) is 28.9 Å². The number of hydrogen-bond donors (Lipinski definition) is 1. The van der Waals surface area contributed by atoms with Crippen molar-refractivity contribution in [2.75, 3.05) is 7.11 Å². The molecule has 0 radical (unpaired) electrons. The predicted molar refractivity (Wildman–Crippen MR) is 120 cm³/mol. The van der Waals surface area contributed by atoms with Crippen molar-refractivity contribution in [2.45, 2.75) is 19.5 Å². The minimum atomic E-state index is -0.905. The maximum Gasteiger partial charge on any atom is 0.290 e. The lowest BCUT2D eigenvalue weighted by Gasteiger charge is -2.25. The van der Waals surface area contributed by atoms with E-state index in [1.54, 1.807) is 56.5 Å². The summed E-state index contributed by atoms with van der Waals surface area (Å²) in [6.07, 6.45) is 0. The molecule has 0 saturated carbocycles. The number of amides is 1. The van der Waals surface area contributed by atoms with Gasteiger partial charge in [0, 0.05) is 11.9 Å². The van der Waals surface area contributed by atoms with Gasteiger partial charge in [0.05, 0.1) is 12.7 Å². The van der Waals surface area contributed by atoms with Crippen LogP contribution in [0.4, 0.5) is 0 Å². The molecule has 166 valence electrons. The van der Waals surface area contributed by atoms with E-state index in [4.69, 9.17) is 13.6 Å². The van der Waals surface area contributed by atoms with E-state index in [-0.39, 0.29) is 17.9 Å². The van der Waals surface area contributed by atoms with Crippen LogP contribution in [0.3, 0.4) is 0 Å². The number of carbonyl (C=O) groups is 2. The summed E-state index contributed by atoms with van der Waals surface area (Å²) in [6.45, 7) is 1.92. The number of aliphatic hydroxyl groups excluding tert-OH is 1. The highest BCUT2D eigenvalue weighted by molar-refractivity contribution is 6.15. The van der Waals surface area contributed by atoms with Crippen LogP contribution in [-0.2, 0) is 11.3 Å². The van der Waals surface area contributed by atoms with Gasteiger partial charge in [0.15, 0.2) is 11.5 Å². The average Bonchev–Trinajstić information content (AvgIpc) is 3.51. The second-order valence-corrected chi connectivity index (χ2v) is 7.88. The van der Waals surface area contributed by atoms with Gasteiger partial charge >= 0.3 is 0 Å². The molecule has 0 fully saturated rings. The Hall–Kier alpha value is -4.26. The van der Waals surface area contributed by atoms with Crippen molar-refractivity contribution in [3.05, 3.63) is 101 Å². The fourth-order valence-corrected chi connectivity index (χ4v) is 4.14. The van der Waals surface area contributed by atoms with Crippen molar-refractivity contribution in [1.29, 1.82) is 0 Å². The molecule has 2 aromatic heterocycles. The Kier molecular flexibility index (Phi) is 5.01. The monoisotopic (exact) mass is 443 g/mol. The van der Waals surface area contributed by atoms with Crippen molar-refractivity contribution < 1.29 is 28.3 Å². The Bertz CT molecular complexity index is 1380. The smallest absolute Gasteiger partial charge is 0.290 e. The summed E-state index contributed by atoms with van der Waals surface area (Å²) in [4.78, 5) is 28.1. The van der Waals surface area contributed by atoms with Gasteiger partial charge in [-0.3, -0.25) is 9.59 Å². The minimum absolute atomic E-state index is 0.0436. The predicted octanol–water partition coefficient (Wildman–Crippen LogP) is 5.12. The van der Waals surface area contributed by atoms with Crippen LogP contribution in [-0.4, -0.2) is 28.8 Å². The summed E-state index contributed by atoms with van der Waals surface area (Å²) in [5.74, 6) is -0.140. The van der Waals surface area contributed by atoms with E-state index >= 15 is 0 Å². The van der Waals surface area contributed by atoms with E-state index in [0.717, 1.165) is 10.9 Å². The van der Waals surface area contributed by atoms with Gasteiger partial charge < -0.3 is 23.6 Å². The second-order valence-electron chi connectivity index (χ2n) is 7.88. The Labute approximate surface area is 189 Å². The van der Waals surface area contributed by atoms with E-state index in [2.05, 4.69) is 0 Å². The first kappa shape index (κ1) is 20.6. The maximum absolute atomic E-state index is 13.5. The number of benzene rings is 2. The molecular weight excluding hydrogens is 422 g/mol. The molecule has 1 amide bonds. The number of ether oxygens (including phenoxy) is 1. The molecule has 4 aromatic rings. The van der Waals surface area contributed by atoms with Crippen LogP contribution in [0.1, 0.15) is 33.7 Å². The highest BCUT2D eigenvalue weighted by atomic mass is 16.5. The van der Waals surface area contributed by atoms with E-state index in [0.29, 0.717) is 22.9 Å². The topological polar surface area (TPSA) is 93.1 Å². The number of aliphatic hydroxyl groups is 1. The number of hydrogen-bond acceptors (Lipinski definition) is 6. The van der Waals surface area contributed by atoms with Gasteiger partial charge in [-0.05, 0) is 48.9 Å². The van der Waals surface area contributed by atoms with E-state index in [1.807, 2.05) is 24.3 Å². The van der Waals surface area contributed by atoms with Gasteiger partial charge in [-0.15, -0.1) is 0 Å². The Morgan fingerprint density at radius 1 is 1.06 bits per heavy atom. The average molecular weight is 443 g/mol. The highest BCUT2D eigenvalue weighted by Gasteiger charge is 2.46. The van der Waals surface area contributed by atoms with Crippen molar-refractivity contribution >= 4 is 22.7 Å². The number of ketones is 1. The lowest BCUT2D eigenvalue weighted by atomic mass is 9.99. The normalized spacial score (nSPS) is 16.1. The molecule has 1 aliphatic heterocycles. The van der Waals surface area contributed by atoms with Crippen LogP contribution < -0.4 is 4.74 Å². The summed E-state index contributed by atoms with van der Waals surface area (Å²) >= 11 is 0. The van der Waals surface area contributed by atoms with Gasteiger partial charge in [0.2, 0.25) is 5.78 Å². The molecule has 33 heavy (non-hydrogen) atoms. The summed E-state index contributed by atoms with van der Waals surface area (Å²) in [5, 5.41) is 11.6. The van der Waals surface area contributed by atoms with Crippen molar-refractivity contribution in [2.24, 2.45) is 0 Å². The summed E-state index contributed by atoms with van der Waals surface area (Å²) in [6, 6.07) is 18.6. The molecule has 3 heterocycles. The molecule has 7 nitrogen and oxygen atoms in total. The zero-order chi connectivity index (χ0) is 23.1. The number of para-hydroxylation sites is 1. The third kappa shape index (κ3) is 3.57.